The van der Waals surface area contributed by atoms with Crippen LogP contribution in [0.4, 0.5) is 0 Å². The third-order valence-corrected chi connectivity index (χ3v) is 3.39. The first-order valence-electron chi connectivity index (χ1n) is 6.69. The number of hydrogen-bond acceptors (Lipinski definition) is 3. The number of nitriles is 1. The predicted octanol–water partition coefficient (Wildman–Crippen LogP) is 2.91. The number of pyridine rings is 1. The zero-order chi connectivity index (χ0) is 15.5. The van der Waals surface area contributed by atoms with Gasteiger partial charge in [0.1, 0.15) is 5.69 Å². The van der Waals surface area contributed by atoms with Crippen molar-refractivity contribution in [3.8, 4) is 17.3 Å². The zero-order valence-electron chi connectivity index (χ0n) is 12.3. The number of aromatic nitrogens is 1. The fourth-order valence-corrected chi connectivity index (χ4v) is 1.97. The van der Waals surface area contributed by atoms with Crippen LogP contribution < -0.4 is 5.32 Å². The second-order valence-corrected chi connectivity index (χ2v) is 5.30. The molecule has 1 aromatic carbocycles. The summed E-state index contributed by atoms with van der Waals surface area (Å²) in [4.78, 5) is 16.0. The minimum atomic E-state index is -0.518. The van der Waals surface area contributed by atoms with Gasteiger partial charge in [0.25, 0.3) is 5.91 Å². The van der Waals surface area contributed by atoms with E-state index in [0.717, 1.165) is 16.8 Å². The maximum atomic E-state index is 11.6. The molecule has 0 saturated carbocycles. The van der Waals surface area contributed by atoms with Gasteiger partial charge in [-0.05, 0) is 31.5 Å². The van der Waals surface area contributed by atoms with Crippen LogP contribution in [0, 0.1) is 11.3 Å². The summed E-state index contributed by atoms with van der Waals surface area (Å²) in [6.45, 7) is 3.76. The molecule has 0 saturated heterocycles. The molecule has 1 amide bonds. The van der Waals surface area contributed by atoms with Gasteiger partial charge in [0.2, 0.25) is 0 Å². The van der Waals surface area contributed by atoms with Crippen molar-refractivity contribution < 1.29 is 4.79 Å². The number of benzene rings is 1. The van der Waals surface area contributed by atoms with E-state index in [1.807, 2.05) is 44.2 Å². The molecule has 4 nitrogen and oxygen atoms in total. The lowest BCUT2D eigenvalue weighted by molar-refractivity contribution is 0.0958. The highest BCUT2D eigenvalue weighted by molar-refractivity contribution is 5.92. The Morgan fingerprint density at radius 3 is 2.43 bits per heavy atom. The van der Waals surface area contributed by atoms with E-state index in [4.69, 9.17) is 5.26 Å². The van der Waals surface area contributed by atoms with Gasteiger partial charge < -0.3 is 5.32 Å². The highest BCUT2D eigenvalue weighted by atomic mass is 16.1. The molecule has 1 aromatic heterocycles. The average Bonchev–Trinajstić information content (AvgIpc) is 2.54. The Morgan fingerprint density at radius 2 is 1.86 bits per heavy atom. The topological polar surface area (TPSA) is 65.8 Å². The Kier molecular flexibility index (Phi) is 4.04. The molecule has 2 rings (SSSR count). The van der Waals surface area contributed by atoms with Crippen molar-refractivity contribution in [1.82, 2.24) is 10.3 Å². The normalized spacial score (nSPS) is 10.8. The summed E-state index contributed by atoms with van der Waals surface area (Å²) in [5.41, 5.74) is 2.47. The Balaban J connectivity index is 2.36. The quantitative estimate of drug-likeness (QED) is 0.939. The van der Waals surface area contributed by atoms with E-state index >= 15 is 0 Å². The average molecular weight is 279 g/mol. The van der Waals surface area contributed by atoms with Crippen LogP contribution in [0.3, 0.4) is 0 Å². The van der Waals surface area contributed by atoms with Gasteiger partial charge in [0.05, 0.1) is 17.2 Å². The maximum Gasteiger partial charge on any atom is 0.269 e. The molecule has 0 aliphatic heterocycles. The third-order valence-electron chi connectivity index (χ3n) is 3.39. The van der Waals surface area contributed by atoms with Crippen LogP contribution in [0.15, 0.2) is 42.5 Å². The smallest absolute Gasteiger partial charge is 0.269 e. The van der Waals surface area contributed by atoms with E-state index < -0.39 is 5.41 Å². The van der Waals surface area contributed by atoms with Crippen LogP contribution in [0.1, 0.15) is 29.9 Å². The summed E-state index contributed by atoms with van der Waals surface area (Å²) >= 11 is 0. The van der Waals surface area contributed by atoms with Crippen LogP contribution in [-0.2, 0) is 5.41 Å². The van der Waals surface area contributed by atoms with Gasteiger partial charge in [-0.25, -0.2) is 4.98 Å². The molecular weight excluding hydrogens is 262 g/mol. The third kappa shape index (κ3) is 3.09. The van der Waals surface area contributed by atoms with E-state index in [2.05, 4.69) is 16.4 Å². The fourth-order valence-electron chi connectivity index (χ4n) is 1.97. The Hall–Kier alpha value is -2.67. The van der Waals surface area contributed by atoms with Crippen molar-refractivity contribution >= 4 is 5.91 Å². The fraction of sp³-hybridized carbons (Fsp3) is 0.235. The number of nitrogens with one attached hydrogen (secondary N) is 1. The molecular formula is C17H17N3O. The van der Waals surface area contributed by atoms with Gasteiger partial charge >= 0.3 is 0 Å². The van der Waals surface area contributed by atoms with Crippen molar-refractivity contribution in [3.05, 3.63) is 53.7 Å². The summed E-state index contributed by atoms with van der Waals surface area (Å²) < 4.78 is 0. The second kappa shape index (κ2) is 5.76. The summed E-state index contributed by atoms with van der Waals surface area (Å²) in [7, 11) is 1.58. The van der Waals surface area contributed by atoms with E-state index in [0.29, 0.717) is 5.69 Å². The molecule has 2 aromatic rings. The number of hydrogen-bond donors (Lipinski definition) is 1. The molecule has 0 fully saturated rings. The van der Waals surface area contributed by atoms with Gasteiger partial charge in [0.15, 0.2) is 0 Å². The SMILES string of the molecule is CNC(=O)c1cccc(-c2ccc(C(C)(C)C#N)cc2)n1. The van der Waals surface area contributed by atoms with Crippen molar-refractivity contribution in [2.45, 2.75) is 19.3 Å². The predicted molar refractivity (Wildman–Crippen MR) is 81.7 cm³/mol. The molecule has 1 heterocycles. The Morgan fingerprint density at radius 1 is 1.19 bits per heavy atom. The van der Waals surface area contributed by atoms with Gasteiger partial charge in [-0.1, -0.05) is 30.3 Å². The van der Waals surface area contributed by atoms with E-state index in [1.165, 1.54) is 0 Å². The van der Waals surface area contributed by atoms with Crippen molar-refractivity contribution in [2.24, 2.45) is 0 Å². The lowest BCUT2D eigenvalue weighted by Gasteiger charge is -2.15. The van der Waals surface area contributed by atoms with Crippen LogP contribution in [0.25, 0.3) is 11.3 Å². The maximum absolute atomic E-state index is 11.6. The first-order chi connectivity index (χ1) is 9.97. The first kappa shape index (κ1) is 14.7. The van der Waals surface area contributed by atoms with E-state index in [1.54, 1.807) is 19.2 Å². The number of nitrogens with zero attached hydrogens (tertiary/aromatic N) is 2. The highest BCUT2D eigenvalue weighted by Gasteiger charge is 2.19. The largest absolute Gasteiger partial charge is 0.354 e. The summed E-state index contributed by atoms with van der Waals surface area (Å²) in [5.74, 6) is -0.209. The molecule has 0 aliphatic carbocycles. The first-order valence-corrected chi connectivity index (χ1v) is 6.69. The van der Waals surface area contributed by atoms with Gasteiger partial charge in [0, 0.05) is 12.6 Å². The van der Waals surface area contributed by atoms with Crippen LogP contribution >= 0.6 is 0 Å². The van der Waals surface area contributed by atoms with Crippen molar-refractivity contribution in [2.75, 3.05) is 7.05 Å². The van der Waals surface area contributed by atoms with Crippen molar-refractivity contribution in [1.29, 1.82) is 5.26 Å². The van der Waals surface area contributed by atoms with Gasteiger partial charge in [-0.3, -0.25) is 4.79 Å². The lowest BCUT2D eigenvalue weighted by Crippen LogP contribution is -2.19. The molecule has 0 atom stereocenters. The molecule has 0 unspecified atom stereocenters. The molecule has 0 bridgehead atoms. The van der Waals surface area contributed by atoms with Gasteiger partial charge in [-0.15, -0.1) is 0 Å². The molecule has 1 N–H and O–H groups in total. The minimum absolute atomic E-state index is 0.209. The summed E-state index contributed by atoms with van der Waals surface area (Å²) in [5, 5.41) is 11.7. The summed E-state index contributed by atoms with van der Waals surface area (Å²) in [6.07, 6.45) is 0. The number of carbonyl (C=O) groups excluding carboxylic acids is 1. The molecule has 106 valence electrons. The highest BCUT2D eigenvalue weighted by Crippen LogP contribution is 2.25. The standard InChI is InChI=1S/C17H17N3O/c1-17(2,11-18)13-9-7-12(8-10-13)14-5-4-6-15(20-14)16(21)19-3/h4-10H,1-3H3,(H,19,21). The summed E-state index contributed by atoms with van der Waals surface area (Å²) in [6, 6.07) is 15.3. The van der Waals surface area contributed by atoms with Crippen LogP contribution in [-0.4, -0.2) is 17.9 Å². The van der Waals surface area contributed by atoms with E-state index in [-0.39, 0.29) is 5.91 Å². The number of carbonyl (C=O) groups is 1. The Labute approximate surface area is 124 Å². The van der Waals surface area contributed by atoms with Crippen molar-refractivity contribution in [3.63, 3.8) is 0 Å². The Bertz CT molecular complexity index is 697. The zero-order valence-corrected chi connectivity index (χ0v) is 12.3. The molecule has 21 heavy (non-hydrogen) atoms. The molecule has 0 radical (unpaired) electrons. The van der Waals surface area contributed by atoms with E-state index in [9.17, 15) is 4.79 Å². The number of amides is 1. The van der Waals surface area contributed by atoms with Crippen LogP contribution in [0.5, 0.6) is 0 Å². The van der Waals surface area contributed by atoms with Gasteiger partial charge in [-0.2, -0.15) is 5.26 Å². The number of rotatable bonds is 3. The second-order valence-electron chi connectivity index (χ2n) is 5.30. The van der Waals surface area contributed by atoms with Crippen LogP contribution in [0.2, 0.25) is 0 Å². The molecule has 0 aliphatic rings. The minimum Gasteiger partial charge on any atom is -0.354 e. The molecule has 0 spiro atoms. The monoisotopic (exact) mass is 279 g/mol. The molecule has 4 heteroatoms. The lowest BCUT2D eigenvalue weighted by atomic mass is 9.86.